The normalized spacial score (nSPS) is 26.4. The minimum atomic E-state index is -0.766. The van der Waals surface area contributed by atoms with Crippen LogP contribution in [0.2, 0.25) is 0 Å². The van der Waals surface area contributed by atoms with Crippen LogP contribution in [0.25, 0.3) is 0 Å². The van der Waals surface area contributed by atoms with Gasteiger partial charge in [-0.2, -0.15) is 0 Å². The van der Waals surface area contributed by atoms with Gasteiger partial charge in [0.25, 0.3) is 0 Å². The summed E-state index contributed by atoms with van der Waals surface area (Å²) in [5.41, 5.74) is -0.189. The molecular formula is C16H26N2O3. The first-order chi connectivity index (χ1) is 10.1. The first-order valence-electron chi connectivity index (χ1n) is 8.32. The molecule has 5 heteroatoms. The molecule has 1 saturated heterocycles. The number of urea groups is 1. The Kier molecular flexibility index (Phi) is 3.84. The summed E-state index contributed by atoms with van der Waals surface area (Å²) in [4.78, 5) is 25.4. The molecule has 21 heavy (non-hydrogen) atoms. The number of likely N-dealkylation sites (tertiary alicyclic amines) is 1. The van der Waals surface area contributed by atoms with Crippen LogP contribution in [0.4, 0.5) is 4.79 Å². The van der Waals surface area contributed by atoms with E-state index in [0.717, 1.165) is 32.4 Å². The maximum Gasteiger partial charge on any atom is 0.317 e. The molecule has 3 rings (SSSR count). The number of piperidine rings is 1. The number of aliphatic carboxylic acids is 1. The molecule has 3 fully saturated rings. The lowest BCUT2D eigenvalue weighted by atomic mass is 9.69. The van der Waals surface area contributed by atoms with Crippen LogP contribution in [0.1, 0.15) is 57.8 Å². The fraction of sp³-hybridized carbons (Fsp3) is 0.875. The number of hydrogen-bond donors (Lipinski definition) is 2. The highest BCUT2D eigenvalue weighted by Crippen LogP contribution is 2.46. The lowest BCUT2D eigenvalue weighted by molar-refractivity contribution is -0.153. The van der Waals surface area contributed by atoms with Crippen molar-refractivity contribution in [2.24, 2.45) is 10.8 Å². The highest BCUT2D eigenvalue weighted by Gasteiger charge is 2.45. The number of carbonyl (C=O) groups is 2. The molecule has 3 aliphatic rings. The molecule has 2 amide bonds. The standard InChI is InChI=1S/C16H26N2O3/c19-13(20)16(6-3-7-16)12-17-14(21)18-10-8-15(9-11-18)4-1-2-5-15/h1-12H2,(H,17,21)(H,19,20). The minimum absolute atomic E-state index is 0.0737. The highest BCUT2D eigenvalue weighted by atomic mass is 16.4. The van der Waals surface area contributed by atoms with E-state index in [4.69, 9.17) is 0 Å². The SMILES string of the molecule is O=C(NCC1(C(=O)O)CCC1)N1CCC2(CCCC2)CC1. The van der Waals surface area contributed by atoms with E-state index in [2.05, 4.69) is 5.32 Å². The molecule has 2 saturated carbocycles. The van der Waals surface area contributed by atoms with Crippen LogP contribution in [0, 0.1) is 10.8 Å². The molecule has 0 aromatic carbocycles. The van der Waals surface area contributed by atoms with E-state index in [0.29, 0.717) is 18.3 Å². The molecule has 1 heterocycles. The summed E-state index contributed by atoms with van der Waals surface area (Å²) in [7, 11) is 0. The zero-order valence-electron chi connectivity index (χ0n) is 12.7. The summed E-state index contributed by atoms with van der Waals surface area (Å²) in [6, 6.07) is -0.0737. The second-order valence-corrected chi connectivity index (χ2v) is 7.29. The van der Waals surface area contributed by atoms with Crippen LogP contribution >= 0.6 is 0 Å². The van der Waals surface area contributed by atoms with Crippen molar-refractivity contribution in [2.75, 3.05) is 19.6 Å². The fourth-order valence-electron chi connectivity index (χ4n) is 4.24. The Bertz CT molecular complexity index is 415. The lowest BCUT2D eigenvalue weighted by Crippen LogP contribution is -2.52. The van der Waals surface area contributed by atoms with E-state index in [1.54, 1.807) is 0 Å². The van der Waals surface area contributed by atoms with Crippen LogP contribution < -0.4 is 5.32 Å². The molecule has 0 aromatic rings. The maximum absolute atomic E-state index is 12.2. The maximum atomic E-state index is 12.2. The van der Waals surface area contributed by atoms with Gasteiger partial charge in [-0.15, -0.1) is 0 Å². The first-order valence-corrected chi connectivity index (χ1v) is 8.32. The second-order valence-electron chi connectivity index (χ2n) is 7.29. The Morgan fingerprint density at radius 1 is 0.952 bits per heavy atom. The minimum Gasteiger partial charge on any atom is -0.481 e. The van der Waals surface area contributed by atoms with E-state index >= 15 is 0 Å². The molecule has 2 N–H and O–H groups in total. The predicted molar refractivity (Wildman–Crippen MR) is 79.0 cm³/mol. The third-order valence-electron chi connectivity index (χ3n) is 6.12. The summed E-state index contributed by atoms with van der Waals surface area (Å²) in [5, 5.41) is 12.1. The third-order valence-corrected chi connectivity index (χ3v) is 6.12. The topological polar surface area (TPSA) is 69.6 Å². The van der Waals surface area contributed by atoms with Crippen LogP contribution in [-0.2, 0) is 4.79 Å². The Hall–Kier alpha value is -1.26. The summed E-state index contributed by atoms with van der Waals surface area (Å²) in [6.07, 6.45) is 9.89. The summed E-state index contributed by atoms with van der Waals surface area (Å²) >= 11 is 0. The van der Waals surface area contributed by atoms with Crippen molar-refractivity contribution in [3.05, 3.63) is 0 Å². The average molecular weight is 294 g/mol. The number of nitrogens with zero attached hydrogens (tertiary/aromatic N) is 1. The van der Waals surface area contributed by atoms with E-state index < -0.39 is 11.4 Å². The average Bonchev–Trinajstić information content (AvgIpc) is 2.86. The van der Waals surface area contributed by atoms with Gasteiger partial charge in [0.2, 0.25) is 0 Å². The third kappa shape index (κ3) is 2.74. The molecule has 0 bridgehead atoms. The molecule has 0 radical (unpaired) electrons. The van der Waals surface area contributed by atoms with E-state index in [1.807, 2.05) is 4.90 Å². The van der Waals surface area contributed by atoms with Gasteiger partial charge in [-0.05, 0) is 43.9 Å². The van der Waals surface area contributed by atoms with Crippen molar-refractivity contribution in [3.8, 4) is 0 Å². The molecule has 0 unspecified atom stereocenters. The Labute approximate surface area is 126 Å². The van der Waals surface area contributed by atoms with Crippen molar-refractivity contribution in [3.63, 3.8) is 0 Å². The van der Waals surface area contributed by atoms with Gasteiger partial charge < -0.3 is 15.3 Å². The smallest absolute Gasteiger partial charge is 0.317 e. The van der Waals surface area contributed by atoms with E-state index in [1.165, 1.54) is 25.7 Å². The molecule has 118 valence electrons. The zero-order valence-corrected chi connectivity index (χ0v) is 12.7. The second kappa shape index (κ2) is 5.50. The number of carbonyl (C=O) groups excluding carboxylic acids is 1. The summed E-state index contributed by atoms with van der Waals surface area (Å²) in [6.45, 7) is 1.93. The molecule has 0 aromatic heterocycles. The Morgan fingerprint density at radius 3 is 2.05 bits per heavy atom. The van der Waals surface area contributed by atoms with Crippen molar-refractivity contribution in [2.45, 2.75) is 57.8 Å². The van der Waals surface area contributed by atoms with Crippen molar-refractivity contribution in [1.29, 1.82) is 0 Å². The number of hydrogen-bond acceptors (Lipinski definition) is 2. The molecule has 1 spiro atoms. The van der Waals surface area contributed by atoms with Gasteiger partial charge in [0, 0.05) is 19.6 Å². The van der Waals surface area contributed by atoms with Gasteiger partial charge in [-0.1, -0.05) is 19.3 Å². The van der Waals surface area contributed by atoms with E-state index in [-0.39, 0.29) is 12.6 Å². The number of nitrogens with one attached hydrogen (secondary N) is 1. The van der Waals surface area contributed by atoms with E-state index in [9.17, 15) is 14.7 Å². The van der Waals surface area contributed by atoms with Crippen molar-refractivity contribution >= 4 is 12.0 Å². The van der Waals surface area contributed by atoms with Gasteiger partial charge >= 0.3 is 12.0 Å². The van der Waals surface area contributed by atoms with Gasteiger partial charge in [0.1, 0.15) is 0 Å². The monoisotopic (exact) mass is 294 g/mol. The Morgan fingerprint density at radius 2 is 1.57 bits per heavy atom. The number of rotatable bonds is 3. The number of amides is 2. The largest absolute Gasteiger partial charge is 0.481 e. The van der Waals surface area contributed by atoms with Crippen LogP contribution in [0.3, 0.4) is 0 Å². The fourth-order valence-corrected chi connectivity index (χ4v) is 4.24. The quantitative estimate of drug-likeness (QED) is 0.840. The van der Waals surface area contributed by atoms with Gasteiger partial charge in [0.05, 0.1) is 5.41 Å². The molecule has 2 aliphatic carbocycles. The van der Waals surface area contributed by atoms with Crippen LogP contribution in [-0.4, -0.2) is 41.6 Å². The summed E-state index contributed by atoms with van der Waals surface area (Å²) in [5.74, 6) is -0.766. The molecular weight excluding hydrogens is 268 g/mol. The first kappa shape index (κ1) is 14.7. The number of carboxylic acid groups (broad SMARTS) is 1. The van der Waals surface area contributed by atoms with Gasteiger partial charge in [-0.25, -0.2) is 4.79 Å². The summed E-state index contributed by atoms with van der Waals surface area (Å²) < 4.78 is 0. The van der Waals surface area contributed by atoms with Crippen LogP contribution in [0.15, 0.2) is 0 Å². The molecule has 5 nitrogen and oxygen atoms in total. The number of carboxylic acids is 1. The molecule has 0 atom stereocenters. The highest BCUT2D eigenvalue weighted by molar-refractivity contribution is 5.79. The predicted octanol–water partition coefficient (Wildman–Crippen LogP) is 2.61. The Balaban J connectivity index is 1.47. The zero-order chi connectivity index (χ0) is 14.9. The lowest BCUT2D eigenvalue weighted by Gasteiger charge is -2.41. The van der Waals surface area contributed by atoms with Gasteiger partial charge in [-0.3, -0.25) is 4.79 Å². The van der Waals surface area contributed by atoms with Crippen LogP contribution in [0.5, 0.6) is 0 Å². The van der Waals surface area contributed by atoms with Crippen molar-refractivity contribution < 1.29 is 14.7 Å². The van der Waals surface area contributed by atoms with Gasteiger partial charge in [0.15, 0.2) is 0 Å². The van der Waals surface area contributed by atoms with Crippen molar-refractivity contribution in [1.82, 2.24) is 10.2 Å². The molecule has 1 aliphatic heterocycles.